The second-order valence-corrected chi connectivity index (χ2v) is 6.59. The van der Waals surface area contributed by atoms with Gasteiger partial charge in [0.25, 0.3) is 5.91 Å². The molecule has 1 atom stereocenters. The molecule has 0 bridgehead atoms. The van der Waals surface area contributed by atoms with Crippen LogP contribution in [0.2, 0.25) is 0 Å². The van der Waals surface area contributed by atoms with Crippen LogP contribution in [-0.4, -0.2) is 30.5 Å². The fraction of sp³-hybridized carbons (Fsp3) is 0.333. The Labute approximate surface area is 148 Å². The summed E-state index contributed by atoms with van der Waals surface area (Å²) in [5.41, 5.74) is 2.74. The quantitative estimate of drug-likeness (QED) is 0.853. The zero-order valence-corrected chi connectivity index (χ0v) is 14.4. The van der Waals surface area contributed by atoms with Gasteiger partial charge in [0.1, 0.15) is 5.75 Å². The summed E-state index contributed by atoms with van der Waals surface area (Å²) >= 11 is 0. The number of nitrogens with zero attached hydrogens (tertiary/aromatic N) is 2. The van der Waals surface area contributed by atoms with Crippen molar-refractivity contribution < 1.29 is 9.53 Å². The number of piperidine rings is 1. The second-order valence-electron chi connectivity index (χ2n) is 6.59. The number of hydrogen-bond acceptors (Lipinski definition) is 3. The van der Waals surface area contributed by atoms with E-state index >= 15 is 0 Å². The van der Waals surface area contributed by atoms with E-state index in [-0.39, 0.29) is 12.5 Å². The van der Waals surface area contributed by atoms with E-state index < -0.39 is 0 Å². The molecular weight excluding hydrogens is 312 g/mol. The second kappa shape index (κ2) is 7.85. The van der Waals surface area contributed by atoms with Crippen LogP contribution in [0.5, 0.6) is 5.75 Å². The molecule has 3 rings (SSSR count). The summed E-state index contributed by atoms with van der Waals surface area (Å²) in [6.07, 6.45) is 2.27. The molecule has 1 fully saturated rings. The van der Waals surface area contributed by atoms with Gasteiger partial charge in [-0.25, -0.2) is 0 Å². The van der Waals surface area contributed by atoms with Crippen LogP contribution < -0.4 is 4.74 Å². The zero-order chi connectivity index (χ0) is 17.6. The van der Waals surface area contributed by atoms with E-state index in [1.807, 2.05) is 41.3 Å². The summed E-state index contributed by atoms with van der Waals surface area (Å²) in [6, 6.07) is 17.2. The highest BCUT2D eigenvalue weighted by molar-refractivity contribution is 5.78. The van der Waals surface area contributed by atoms with Crippen LogP contribution in [0.3, 0.4) is 0 Å². The van der Waals surface area contributed by atoms with Crippen LogP contribution in [0, 0.1) is 17.2 Å². The molecule has 0 N–H and O–H groups in total. The summed E-state index contributed by atoms with van der Waals surface area (Å²) in [7, 11) is 0. The number of likely N-dealkylation sites (tertiary alicyclic amines) is 1. The predicted molar refractivity (Wildman–Crippen MR) is 97.1 cm³/mol. The molecule has 0 unspecified atom stereocenters. The van der Waals surface area contributed by atoms with Crippen molar-refractivity contribution in [2.75, 3.05) is 19.7 Å². The minimum Gasteiger partial charge on any atom is -0.484 e. The molecule has 25 heavy (non-hydrogen) atoms. The fourth-order valence-electron chi connectivity index (χ4n) is 3.13. The molecule has 2 aromatic carbocycles. The summed E-state index contributed by atoms with van der Waals surface area (Å²) < 4.78 is 5.65. The summed E-state index contributed by atoms with van der Waals surface area (Å²) in [5.74, 6) is 1.32. The molecule has 1 saturated heterocycles. The molecule has 0 spiro atoms. The van der Waals surface area contributed by atoms with Crippen molar-refractivity contribution in [3.63, 3.8) is 0 Å². The first kappa shape index (κ1) is 17.0. The van der Waals surface area contributed by atoms with Gasteiger partial charge in [0.15, 0.2) is 6.61 Å². The molecule has 0 aromatic heterocycles. The molecule has 1 aliphatic heterocycles. The Balaban J connectivity index is 1.57. The molecule has 4 heteroatoms. The molecule has 1 heterocycles. The van der Waals surface area contributed by atoms with Gasteiger partial charge in [0.2, 0.25) is 0 Å². The van der Waals surface area contributed by atoms with Crippen molar-refractivity contribution in [3.05, 3.63) is 54.1 Å². The topological polar surface area (TPSA) is 53.3 Å². The molecule has 128 valence electrons. The average Bonchev–Trinajstić information content (AvgIpc) is 2.66. The summed E-state index contributed by atoms with van der Waals surface area (Å²) in [6.45, 7) is 3.94. The van der Waals surface area contributed by atoms with E-state index in [4.69, 9.17) is 10.00 Å². The van der Waals surface area contributed by atoms with Crippen LogP contribution >= 0.6 is 0 Å². The summed E-state index contributed by atoms with van der Waals surface area (Å²) in [5, 5.41) is 8.85. The van der Waals surface area contributed by atoms with Crippen molar-refractivity contribution >= 4 is 5.91 Å². The van der Waals surface area contributed by atoms with E-state index in [0.717, 1.165) is 30.6 Å². The Hall–Kier alpha value is -2.80. The number of rotatable bonds is 4. The van der Waals surface area contributed by atoms with E-state index in [0.29, 0.717) is 17.2 Å². The molecular formula is C21H22N2O2. The maximum absolute atomic E-state index is 12.2. The molecule has 2 aromatic rings. The standard InChI is InChI=1S/C21H22N2O2/c1-16-3-2-12-23(14-16)21(24)15-25-20-10-8-19(9-11-20)18-6-4-17(13-22)5-7-18/h4-11,16H,2-3,12,14-15H2,1H3/t16-/m0/s1. The Kier molecular flexibility index (Phi) is 5.35. The molecule has 1 amide bonds. The largest absolute Gasteiger partial charge is 0.484 e. The number of hydrogen-bond donors (Lipinski definition) is 0. The molecule has 1 aliphatic rings. The fourth-order valence-corrected chi connectivity index (χ4v) is 3.13. The van der Waals surface area contributed by atoms with Gasteiger partial charge in [-0.05, 0) is 54.2 Å². The van der Waals surface area contributed by atoms with E-state index in [1.54, 1.807) is 12.1 Å². The van der Waals surface area contributed by atoms with Gasteiger partial charge in [-0.15, -0.1) is 0 Å². The first-order chi connectivity index (χ1) is 12.2. The number of benzene rings is 2. The normalized spacial score (nSPS) is 17.0. The van der Waals surface area contributed by atoms with E-state index in [1.165, 1.54) is 6.42 Å². The maximum atomic E-state index is 12.2. The highest BCUT2D eigenvalue weighted by Gasteiger charge is 2.21. The Morgan fingerprint density at radius 1 is 1.16 bits per heavy atom. The molecule has 4 nitrogen and oxygen atoms in total. The van der Waals surface area contributed by atoms with Gasteiger partial charge in [-0.3, -0.25) is 4.79 Å². The van der Waals surface area contributed by atoms with E-state index in [9.17, 15) is 4.79 Å². The number of amides is 1. The third kappa shape index (κ3) is 4.39. The first-order valence-electron chi connectivity index (χ1n) is 8.67. The first-order valence-corrected chi connectivity index (χ1v) is 8.67. The van der Waals surface area contributed by atoms with Gasteiger partial charge in [-0.2, -0.15) is 5.26 Å². The highest BCUT2D eigenvalue weighted by atomic mass is 16.5. The third-order valence-corrected chi connectivity index (χ3v) is 4.57. The lowest BCUT2D eigenvalue weighted by Gasteiger charge is -2.30. The minimum absolute atomic E-state index is 0.0581. The Morgan fingerprint density at radius 2 is 1.80 bits per heavy atom. The lowest BCUT2D eigenvalue weighted by Crippen LogP contribution is -2.41. The number of ether oxygens (including phenoxy) is 1. The van der Waals surface area contributed by atoms with Crippen LogP contribution in [-0.2, 0) is 4.79 Å². The van der Waals surface area contributed by atoms with Crippen molar-refractivity contribution in [2.45, 2.75) is 19.8 Å². The van der Waals surface area contributed by atoms with Gasteiger partial charge >= 0.3 is 0 Å². The number of carbonyl (C=O) groups is 1. The maximum Gasteiger partial charge on any atom is 0.260 e. The Morgan fingerprint density at radius 3 is 2.40 bits per heavy atom. The lowest BCUT2D eigenvalue weighted by molar-refractivity contribution is -0.135. The number of carbonyl (C=O) groups excluding carboxylic acids is 1. The monoisotopic (exact) mass is 334 g/mol. The van der Waals surface area contributed by atoms with Crippen LogP contribution in [0.1, 0.15) is 25.3 Å². The van der Waals surface area contributed by atoms with Gasteiger partial charge in [-0.1, -0.05) is 31.2 Å². The van der Waals surface area contributed by atoms with Crippen molar-refractivity contribution in [3.8, 4) is 22.9 Å². The van der Waals surface area contributed by atoms with Crippen molar-refractivity contribution in [1.82, 2.24) is 4.90 Å². The molecule has 0 aliphatic carbocycles. The van der Waals surface area contributed by atoms with E-state index in [2.05, 4.69) is 13.0 Å². The van der Waals surface area contributed by atoms with Crippen LogP contribution in [0.4, 0.5) is 0 Å². The average molecular weight is 334 g/mol. The SMILES string of the molecule is C[C@H]1CCCN(C(=O)COc2ccc(-c3ccc(C#N)cc3)cc2)C1. The van der Waals surface area contributed by atoms with Crippen molar-refractivity contribution in [1.29, 1.82) is 5.26 Å². The Bertz CT molecular complexity index is 760. The summed E-state index contributed by atoms with van der Waals surface area (Å²) in [4.78, 5) is 14.1. The van der Waals surface area contributed by atoms with Crippen LogP contribution in [0.15, 0.2) is 48.5 Å². The molecule has 0 radical (unpaired) electrons. The van der Waals surface area contributed by atoms with Crippen molar-refractivity contribution in [2.24, 2.45) is 5.92 Å². The predicted octanol–water partition coefficient (Wildman–Crippen LogP) is 3.86. The third-order valence-electron chi connectivity index (χ3n) is 4.57. The molecule has 0 saturated carbocycles. The minimum atomic E-state index is 0.0581. The van der Waals surface area contributed by atoms with Crippen LogP contribution in [0.25, 0.3) is 11.1 Å². The zero-order valence-electron chi connectivity index (χ0n) is 14.4. The smallest absolute Gasteiger partial charge is 0.260 e. The number of nitriles is 1. The van der Waals surface area contributed by atoms with Gasteiger partial charge < -0.3 is 9.64 Å². The highest BCUT2D eigenvalue weighted by Crippen LogP contribution is 2.23. The lowest BCUT2D eigenvalue weighted by atomic mass is 10.0. The van der Waals surface area contributed by atoms with Gasteiger partial charge in [0, 0.05) is 13.1 Å². The van der Waals surface area contributed by atoms with Gasteiger partial charge in [0.05, 0.1) is 11.6 Å².